The first-order valence-corrected chi connectivity index (χ1v) is 9.44. The SMILES string of the molecule is Cc1cc(C)c(OCC(O)CN2CCN(c3ccccc3)CC2)c(C)c1. The number of benzene rings is 2. The van der Waals surface area contributed by atoms with Crippen LogP contribution in [0.4, 0.5) is 5.69 Å². The van der Waals surface area contributed by atoms with Crippen LogP contribution in [0.3, 0.4) is 0 Å². The third kappa shape index (κ3) is 4.77. The Morgan fingerprint density at radius 3 is 2.19 bits per heavy atom. The largest absolute Gasteiger partial charge is 0.490 e. The summed E-state index contributed by atoms with van der Waals surface area (Å²) in [6, 6.07) is 14.8. The van der Waals surface area contributed by atoms with E-state index in [1.165, 1.54) is 11.3 Å². The summed E-state index contributed by atoms with van der Waals surface area (Å²) in [7, 11) is 0. The van der Waals surface area contributed by atoms with Gasteiger partial charge < -0.3 is 14.7 Å². The molecule has 4 heteroatoms. The fourth-order valence-corrected chi connectivity index (χ4v) is 3.75. The lowest BCUT2D eigenvalue weighted by atomic mass is 10.1. The lowest BCUT2D eigenvalue weighted by Gasteiger charge is -2.36. The van der Waals surface area contributed by atoms with E-state index >= 15 is 0 Å². The second-order valence-electron chi connectivity index (χ2n) is 7.32. The normalized spacial score (nSPS) is 16.5. The van der Waals surface area contributed by atoms with E-state index in [4.69, 9.17) is 4.74 Å². The van der Waals surface area contributed by atoms with Gasteiger partial charge in [-0.2, -0.15) is 0 Å². The Hall–Kier alpha value is -2.04. The van der Waals surface area contributed by atoms with E-state index in [1.54, 1.807) is 0 Å². The Morgan fingerprint density at radius 1 is 0.962 bits per heavy atom. The van der Waals surface area contributed by atoms with Crippen LogP contribution < -0.4 is 9.64 Å². The molecular formula is C22H30N2O2. The van der Waals surface area contributed by atoms with E-state index < -0.39 is 6.10 Å². The molecule has 1 aliphatic heterocycles. The van der Waals surface area contributed by atoms with Crippen molar-refractivity contribution in [2.45, 2.75) is 26.9 Å². The first-order chi connectivity index (χ1) is 12.5. The van der Waals surface area contributed by atoms with E-state index in [-0.39, 0.29) is 0 Å². The number of aliphatic hydroxyl groups excluding tert-OH is 1. The average Bonchev–Trinajstić information content (AvgIpc) is 2.62. The van der Waals surface area contributed by atoms with Gasteiger partial charge in [-0.25, -0.2) is 0 Å². The number of aryl methyl sites for hydroxylation is 3. The summed E-state index contributed by atoms with van der Waals surface area (Å²) in [5.41, 5.74) is 4.78. The Bertz CT molecular complexity index is 686. The summed E-state index contributed by atoms with van der Waals surface area (Å²) >= 11 is 0. The van der Waals surface area contributed by atoms with Gasteiger partial charge in [-0.05, 0) is 44.0 Å². The fraction of sp³-hybridized carbons (Fsp3) is 0.455. The number of β-amino-alcohol motifs (C(OH)–C–C–N with tert-alkyl or cyclic N) is 1. The van der Waals surface area contributed by atoms with Crippen molar-refractivity contribution < 1.29 is 9.84 Å². The number of anilines is 1. The van der Waals surface area contributed by atoms with Crippen LogP contribution in [-0.2, 0) is 0 Å². The summed E-state index contributed by atoms with van der Waals surface area (Å²) < 4.78 is 5.93. The van der Waals surface area contributed by atoms with Crippen molar-refractivity contribution in [3.8, 4) is 5.75 Å². The molecule has 1 unspecified atom stereocenters. The zero-order valence-electron chi connectivity index (χ0n) is 16.1. The highest BCUT2D eigenvalue weighted by atomic mass is 16.5. The quantitative estimate of drug-likeness (QED) is 0.864. The van der Waals surface area contributed by atoms with Crippen molar-refractivity contribution in [2.24, 2.45) is 0 Å². The van der Waals surface area contributed by atoms with Crippen molar-refractivity contribution in [3.63, 3.8) is 0 Å². The van der Waals surface area contributed by atoms with Gasteiger partial charge in [-0.1, -0.05) is 35.9 Å². The van der Waals surface area contributed by atoms with Gasteiger partial charge in [0.25, 0.3) is 0 Å². The number of ether oxygens (including phenoxy) is 1. The molecule has 1 N–H and O–H groups in total. The number of aliphatic hydroxyl groups is 1. The van der Waals surface area contributed by atoms with Crippen LogP contribution in [0.2, 0.25) is 0 Å². The van der Waals surface area contributed by atoms with Crippen molar-refractivity contribution in [3.05, 3.63) is 59.2 Å². The standard InChI is InChI=1S/C22H30N2O2/c1-17-13-18(2)22(19(3)14-17)26-16-21(25)15-23-9-11-24(12-10-23)20-7-5-4-6-8-20/h4-8,13-14,21,25H,9-12,15-16H2,1-3H3. The molecule has 2 aromatic rings. The van der Waals surface area contributed by atoms with Gasteiger partial charge in [0.05, 0.1) is 0 Å². The molecular weight excluding hydrogens is 324 g/mol. The van der Waals surface area contributed by atoms with Crippen LogP contribution in [0.5, 0.6) is 5.75 Å². The van der Waals surface area contributed by atoms with Crippen molar-refractivity contribution in [1.82, 2.24) is 4.90 Å². The van der Waals surface area contributed by atoms with Crippen LogP contribution in [0.1, 0.15) is 16.7 Å². The summed E-state index contributed by atoms with van der Waals surface area (Å²) in [6.45, 7) is 11.1. The molecule has 3 rings (SSSR count). The second kappa shape index (κ2) is 8.56. The Morgan fingerprint density at radius 2 is 1.58 bits per heavy atom. The number of nitrogens with zero attached hydrogens (tertiary/aromatic N) is 2. The maximum Gasteiger partial charge on any atom is 0.125 e. The van der Waals surface area contributed by atoms with Crippen molar-refractivity contribution >= 4 is 5.69 Å². The summed E-state index contributed by atoms with van der Waals surface area (Å²) in [5, 5.41) is 10.4. The van der Waals surface area contributed by atoms with Gasteiger partial charge in [-0.15, -0.1) is 0 Å². The summed E-state index contributed by atoms with van der Waals surface area (Å²) in [4.78, 5) is 4.72. The van der Waals surface area contributed by atoms with Crippen LogP contribution >= 0.6 is 0 Å². The first-order valence-electron chi connectivity index (χ1n) is 9.44. The maximum atomic E-state index is 10.4. The molecule has 0 amide bonds. The highest BCUT2D eigenvalue weighted by molar-refractivity contribution is 5.46. The summed E-state index contributed by atoms with van der Waals surface area (Å²) in [5.74, 6) is 0.906. The molecule has 0 saturated carbocycles. The third-order valence-electron chi connectivity index (χ3n) is 4.99. The van der Waals surface area contributed by atoms with Crippen molar-refractivity contribution in [1.29, 1.82) is 0 Å². The highest BCUT2D eigenvalue weighted by Gasteiger charge is 2.20. The molecule has 1 aliphatic rings. The number of rotatable bonds is 6. The number of piperazine rings is 1. The van der Waals surface area contributed by atoms with E-state index in [1.807, 2.05) is 6.07 Å². The predicted octanol–water partition coefficient (Wildman–Crippen LogP) is 3.17. The molecule has 2 aromatic carbocycles. The molecule has 0 aromatic heterocycles. The minimum absolute atomic E-state index is 0.337. The number of hydrogen-bond donors (Lipinski definition) is 1. The molecule has 0 radical (unpaired) electrons. The topological polar surface area (TPSA) is 35.9 Å². The van der Waals surface area contributed by atoms with E-state index in [2.05, 4.69) is 67.0 Å². The Kier molecular flexibility index (Phi) is 6.17. The molecule has 1 heterocycles. The number of hydrogen-bond acceptors (Lipinski definition) is 4. The first kappa shape index (κ1) is 18.7. The van der Waals surface area contributed by atoms with Crippen LogP contribution in [0.15, 0.2) is 42.5 Å². The zero-order chi connectivity index (χ0) is 18.5. The minimum Gasteiger partial charge on any atom is -0.490 e. The molecule has 26 heavy (non-hydrogen) atoms. The molecule has 140 valence electrons. The summed E-state index contributed by atoms with van der Waals surface area (Å²) in [6.07, 6.45) is -0.474. The molecule has 1 saturated heterocycles. The molecule has 4 nitrogen and oxygen atoms in total. The van der Waals surface area contributed by atoms with Gasteiger partial charge in [0.15, 0.2) is 0 Å². The lowest BCUT2D eigenvalue weighted by molar-refractivity contribution is 0.0658. The Labute approximate surface area is 157 Å². The van der Waals surface area contributed by atoms with Gasteiger partial charge >= 0.3 is 0 Å². The van der Waals surface area contributed by atoms with E-state index in [9.17, 15) is 5.11 Å². The third-order valence-corrected chi connectivity index (χ3v) is 4.99. The fourth-order valence-electron chi connectivity index (χ4n) is 3.75. The predicted molar refractivity (Wildman–Crippen MR) is 107 cm³/mol. The number of para-hydroxylation sites is 1. The molecule has 1 fully saturated rings. The van der Waals surface area contributed by atoms with Gasteiger partial charge in [-0.3, -0.25) is 4.90 Å². The van der Waals surface area contributed by atoms with Gasteiger partial charge in [0.1, 0.15) is 18.5 Å². The molecule has 1 atom stereocenters. The molecule has 0 spiro atoms. The van der Waals surface area contributed by atoms with E-state index in [0.717, 1.165) is 43.1 Å². The van der Waals surface area contributed by atoms with Crippen molar-refractivity contribution in [2.75, 3.05) is 44.2 Å². The molecule has 0 aliphatic carbocycles. The van der Waals surface area contributed by atoms with Gasteiger partial charge in [0.2, 0.25) is 0 Å². The maximum absolute atomic E-state index is 10.4. The van der Waals surface area contributed by atoms with E-state index in [0.29, 0.717) is 13.2 Å². The van der Waals surface area contributed by atoms with Gasteiger partial charge in [0, 0.05) is 38.4 Å². The average molecular weight is 354 g/mol. The lowest BCUT2D eigenvalue weighted by Crippen LogP contribution is -2.49. The van der Waals surface area contributed by atoms with Crippen LogP contribution in [0, 0.1) is 20.8 Å². The molecule has 0 bridgehead atoms. The highest BCUT2D eigenvalue weighted by Crippen LogP contribution is 2.24. The zero-order valence-corrected chi connectivity index (χ0v) is 16.1. The van der Waals surface area contributed by atoms with Crippen LogP contribution in [-0.4, -0.2) is 55.4 Å². The van der Waals surface area contributed by atoms with Crippen LogP contribution in [0.25, 0.3) is 0 Å². The minimum atomic E-state index is -0.474. The Balaban J connectivity index is 1.45. The second-order valence-corrected chi connectivity index (χ2v) is 7.32. The monoisotopic (exact) mass is 354 g/mol. The smallest absolute Gasteiger partial charge is 0.125 e.